The Balaban J connectivity index is 1.60. The van der Waals surface area contributed by atoms with Crippen molar-refractivity contribution in [1.29, 1.82) is 0 Å². The summed E-state index contributed by atoms with van der Waals surface area (Å²) in [5.74, 6) is 0. The third-order valence-electron chi connectivity index (χ3n) is 4.91. The minimum Gasteiger partial charge on any atom is -0.446 e. The molecule has 1 N–H and O–H groups in total. The second kappa shape index (κ2) is 7.92. The van der Waals surface area contributed by atoms with Gasteiger partial charge in [-0.3, -0.25) is 10.2 Å². The number of amides is 1. The summed E-state index contributed by atoms with van der Waals surface area (Å²) in [4.78, 5) is 14.8. The maximum absolute atomic E-state index is 12.4. The van der Waals surface area contributed by atoms with Crippen molar-refractivity contribution in [2.75, 3.05) is 18.4 Å². The number of carbonyl (C=O) groups is 1. The zero-order valence-corrected chi connectivity index (χ0v) is 15.9. The highest BCUT2D eigenvalue weighted by molar-refractivity contribution is 5.91. The number of benzene rings is 2. The summed E-state index contributed by atoms with van der Waals surface area (Å²) in [6.07, 6.45) is 1.37. The number of piperidine rings is 1. The molecular weight excluding hydrogens is 324 g/mol. The molecule has 0 unspecified atom stereocenters. The number of ether oxygens (including phenoxy) is 1. The van der Waals surface area contributed by atoms with Crippen LogP contribution in [0.4, 0.5) is 10.5 Å². The number of carbonyl (C=O) groups excluding carboxylic acids is 1. The van der Waals surface area contributed by atoms with Crippen LogP contribution in [0.3, 0.4) is 0 Å². The monoisotopic (exact) mass is 352 g/mol. The predicted octanol–water partition coefficient (Wildman–Crippen LogP) is 5.17. The molecule has 1 saturated heterocycles. The average Bonchev–Trinajstić information content (AvgIpc) is 2.62. The molecule has 1 amide bonds. The van der Waals surface area contributed by atoms with Gasteiger partial charge in [0.2, 0.25) is 0 Å². The van der Waals surface area contributed by atoms with Crippen LogP contribution in [-0.4, -0.2) is 35.7 Å². The van der Waals surface area contributed by atoms with E-state index in [1.165, 1.54) is 0 Å². The molecule has 2 aromatic rings. The molecule has 1 aliphatic rings. The van der Waals surface area contributed by atoms with Crippen LogP contribution in [-0.2, 0) is 4.74 Å². The Labute approximate surface area is 156 Å². The number of hydrogen-bond donors (Lipinski definition) is 1. The van der Waals surface area contributed by atoms with Gasteiger partial charge in [0.25, 0.3) is 0 Å². The van der Waals surface area contributed by atoms with Crippen molar-refractivity contribution in [1.82, 2.24) is 4.90 Å². The van der Waals surface area contributed by atoms with E-state index in [0.29, 0.717) is 0 Å². The van der Waals surface area contributed by atoms with Gasteiger partial charge in [-0.1, -0.05) is 48.5 Å². The van der Waals surface area contributed by atoms with Crippen molar-refractivity contribution < 1.29 is 9.53 Å². The molecule has 0 saturated carbocycles. The van der Waals surface area contributed by atoms with Crippen molar-refractivity contribution in [2.24, 2.45) is 0 Å². The van der Waals surface area contributed by atoms with Gasteiger partial charge in [-0.15, -0.1) is 0 Å². The molecule has 3 rings (SSSR count). The molecule has 2 aromatic carbocycles. The van der Waals surface area contributed by atoms with E-state index in [4.69, 9.17) is 4.74 Å². The van der Waals surface area contributed by atoms with Crippen LogP contribution < -0.4 is 5.32 Å². The van der Waals surface area contributed by atoms with Crippen molar-refractivity contribution >= 4 is 11.8 Å². The molecule has 1 aliphatic heterocycles. The third-order valence-corrected chi connectivity index (χ3v) is 4.91. The highest BCUT2D eigenvalue weighted by Crippen LogP contribution is 2.28. The maximum Gasteiger partial charge on any atom is 0.411 e. The summed E-state index contributed by atoms with van der Waals surface area (Å²) < 4.78 is 5.67. The van der Waals surface area contributed by atoms with Crippen molar-refractivity contribution in [3.8, 4) is 11.1 Å². The van der Waals surface area contributed by atoms with E-state index < -0.39 is 0 Å². The smallest absolute Gasteiger partial charge is 0.411 e. The molecule has 0 aromatic heterocycles. The maximum atomic E-state index is 12.4. The van der Waals surface area contributed by atoms with E-state index in [2.05, 4.69) is 31.0 Å². The van der Waals surface area contributed by atoms with Gasteiger partial charge in [-0.2, -0.15) is 0 Å². The molecular formula is C22H28N2O2. The molecule has 4 nitrogen and oxygen atoms in total. The fourth-order valence-corrected chi connectivity index (χ4v) is 3.40. The van der Waals surface area contributed by atoms with Crippen molar-refractivity contribution in [3.05, 3.63) is 54.6 Å². The molecule has 1 fully saturated rings. The Kier molecular flexibility index (Phi) is 5.62. The quantitative estimate of drug-likeness (QED) is 0.829. The highest BCUT2D eigenvalue weighted by Gasteiger charge is 2.28. The van der Waals surface area contributed by atoms with Crippen LogP contribution in [0.1, 0.15) is 33.6 Å². The summed E-state index contributed by atoms with van der Waals surface area (Å²) in [5.41, 5.74) is 3.01. The number of para-hydroxylation sites is 1. The molecule has 138 valence electrons. The minimum absolute atomic E-state index is 0.0162. The largest absolute Gasteiger partial charge is 0.446 e. The molecule has 0 atom stereocenters. The number of nitrogens with zero attached hydrogens (tertiary/aromatic N) is 1. The zero-order valence-electron chi connectivity index (χ0n) is 15.9. The van der Waals surface area contributed by atoms with Crippen LogP contribution in [0.5, 0.6) is 0 Å². The first-order chi connectivity index (χ1) is 12.4. The van der Waals surface area contributed by atoms with E-state index >= 15 is 0 Å². The first kappa shape index (κ1) is 18.5. The normalized spacial score (nSPS) is 16.3. The van der Waals surface area contributed by atoms with Crippen LogP contribution in [0.15, 0.2) is 54.6 Å². The Morgan fingerprint density at radius 1 is 1.00 bits per heavy atom. The lowest BCUT2D eigenvalue weighted by atomic mass is 9.99. The second-order valence-corrected chi connectivity index (χ2v) is 7.80. The zero-order chi connectivity index (χ0) is 18.6. The van der Waals surface area contributed by atoms with Crippen molar-refractivity contribution in [2.45, 2.75) is 45.3 Å². The topological polar surface area (TPSA) is 41.6 Å². The Hall–Kier alpha value is -2.33. The summed E-state index contributed by atoms with van der Waals surface area (Å²) in [7, 11) is 0. The van der Waals surface area contributed by atoms with E-state index in [9.17, 15) is 4.79 Å². The number of nitrogens with one attached hydrogen (secondary N) is 1. The van der Waals surface area contributed by atoms with Crippen LogP contribution in [0.25, 0.3) is 11.1 Å². The van der Waals surface area contributed by atoms with Gasteiger partial charge < -0.3 is 4.74 Å². The summed E-state index contributed by atoms with van der Waals surface area (Å²) in [6, 6.07) is 17.9. The number of anilines is 1. The van der Waals surface area contributed by atoms with Gasteiger partial charge in [-0.25, -0.2) is 4.79 Å². The van der Waals surface area contributed by atoms with Crippen LogP contribution in [0.2, 0.25) is 0 Å². The number of rotatable bonds is 3. The SMILES string of the molecule is CC(C)(C)N1CCC(OC(=O)Nc2ccccc2-c2ccccc2)CC1. The van der Waals surface area contributed by atoms with Crippen LogP contribution >= 0.6 is 0 Å². The van der Waals surface area contributed by atoms with Gasteiger partial charge in [0.05, 0.1) is 5.69 Å². The van der Waals surface area contributed by atoms with Gasteiger partial charge in [0.1, 0.15) is 6.10 Å². The first-order valence-corrected chi connectivity index (χ1v) is 9.30. The Morgan fingerprint density at radius 2 is 1.62 bits per heavy atom. The Morgan fingerprint density at radius 3 is 2.27 bits per heavy atom. The highest BCUT2D eigenvalue weighted by atomic mass is 16.6. The fourth-order valence-electron chi connectivity index (χ4n) is 3.40. The van der Waals surface area contributed by atoms with Gasteiger partial charge in [0.15, 0.2) is 0 Å². The first-order valence-electron chi connectivity index (χ1n) is 9.30. The molecule has 0 aliphatic carbocycles. The molecule has 26 heavy (non-hydrogen) atoms. The molecule has 1 heterocycles. The van der Waals surface area contributed by atoms with E-state index in [0.717, 1.165) is 42.7 Å². The molecule has 0 spiro atoms. The number of hydrogen-bond acceptors (Lipinski definition) is 3. The summed E-state index contributed by atoms with van der Waals surface area (Å²) in [5, 5.41) is 2.92. The molecule has 4 heteroatoms. The van der Waals surface area contributed by atoms with Gasteiger partial charge in [0, 0.05) is 24.2 Å². The van der Waals surface area contributed by atoms with Crippen LogP contribution in [0, 0.1) is 0 Å². The predicted molar refractivity (Wildman–Crippen MR) is 106 cm³/mol. The van der Waals surface area contributed by atoms with E-state index in [1.54, 1.807) is 0 Å². The van der Waals surface area contributed by atoms with Gasteiger partial charge >= 0.3 is 6.09 Å². The Bertz CT molecular complexity index is 729. The number of likely N-dealkylation sites (tertiary alicyclic amines) is 1. The molecule has 0 bridgehead atoms. The van der Waals surface area contributed by atoms with E-state index in [1.807, 2.05) is 54.6 Å². The van der Waals surface area contributed by atoms with E-state index in [-0.39, 0.29) is 17.7 Å². The second-order valence-electron chi connectivity index (χ2n) is 7.80. The lowest BCUT2D eigenvalue weighted by Gasteiger charge is -2.40. The average molecular weight is 352 g/mol. The third kappa shape index (κ3) is 4.64. The lowest BCUT2D eigenvalue weighted by Crippen LogP contribution is -2.48. The van der Waals surface area contributed by atoms with Gasteiger partial charge in [-0.05, 0) is 45.2 Å². The molecule has 0 radical (unpaired) electrons. The summed E-state index contributed by atoms with van der Waals surface area (Å²) >= 11 is 0. The standard InChI is InChI=1S/C22H28N2O2/c1-22(2,3)24-15-13-18(14-16-24)26-21(25)23-20-12-8-7-11-19(20)17-9-5-4-6-10-17/h4-12,18H,13-16H2,1-3H3,(H,23,25). The van der Waals surface area contributed by atoms with Crippen molar-refractivity contribution in [3.63, 3.8) is 0 Å². The lowest BCUT2D eigenvalue weighted by molar-refractivity contribution is 0.0272. The minimum atomic E-state index is -0.373. The fraction of sp³-hybridized carbons (Fsp3) is 0.409. The summed E-state index contributed by atoms with van der Waals surface area (Å²) in [6.45, 7) is 8.59.